The highest BCUT2D eigenvalue weighted by Crippen LogP contribution is 2.19. The lowest BCUT2D eigenvalue weighted by molar-refractivity contribution is -0.0612. The van der Waals surface area contributed by atoms with Crippen molar-refractivity contribution >= 4 is 28.9 Å². The van der Waals surface area contributed by atoms with E-state index < -0.39 is 5.97 Å². The number of hydrogen-bond donors (Lipinski definition) is 1. The number of carbonyl (C=O) groups excluding carboxylic acids is 2. The minimum atomic E-state index is -0.466. The molecule has 1 aliphatic rings. The monoisotopic (exact) mass is 402 g/mol. The van der Waals surface area contributed by atoms with Gasteiger partial charge in [-0.1, -0.05) is 32.0 Å². The van der Waals surface area contributed by atoms with E-state index in [4.69, 9.17) is 9.47 Å². The molecule has 150 valence electrons. The molecule has 1 aromatic carbocycles. The van der Waals surface area contributed by atoms with Gasteiger partial charge in [-0.2, -0.15) is 0 Å². The molecule has 1 amide bonds. The van der Waals surface area contributed by atoms with Crippen LogP contribution in [0.25, 0.3) is 0 Å². The van der Waals surface area contributed by atoms with Gasteiger partial charge in [0, 0.05) is 19.6 Å². The Hall–Kier alpha value is -2.22. The summed E-state index contributed by atoms with van der Waals surface area (Å²) in [6, 6.07) is 10.4. The molecule has 0 spiro atoms. The van der Waals surface area contributed by atoms with Gasteiger partial charge in [0.2, 0.25) is 0 Å². The van der Waals surface area contributed by atoms with Gasteiger partial charge in [0.15, 0.2) is 0 Å². The van der Waals surface area contributed by atoms with Crippen LogP contribution < -0.4 is 5.32 Å². The topological polar surface area (TPSA) is 67.9 Å². The minimum Gasteiger partial charge on any atom is -0.459 e. The van der Waals surface area contributed by atoms with Gasteiger partial charge in [-0.25, -0.2) is 4.79 Å². The van der Waals surface area contributed by atoms with Gasteiger partial charge in [0.25, 0.3) is 5.91 Å². The van der Waals surface area contributed by atoms with Crippen molar-refractivity contribution in [2.24, 2.45) is 5.92 Å². The Balaban J connectivity index is 1.58. The molecule has 1 unspecified atom stereocenters. The average Bonchev–Trinajstić information content (AvgIpc) is 3.21. The first-order chi connectivity index (χ1) is 13.5. The van der Waals surface area contributed by atoms with Crippen molar-refractivity contribution in [3.05, 3.63) is 52.2 Å². The van der Waals surface area contributed by atoms with Gasteiger partial charge in [0.05, 0.1) is 22.7 Å². The van der Waals surface area contributed by atoms with Crippen LogP contribution in [-0.2, 0) is 9.47 Å². The number of para-hydroxylation sites is 1. The summed E-state index contributed by atoms with van der Waals surface area (Å²) in [5.41, 5.74) is 0.777. The van der Waals surface area contributed by atoms with Crippen LogP contribution in [-0.4, -0.2) is 55.7 Å². The third-order valence-corrected chi connectivity index (χ3v) is 5.26. The van der Waals surface area contributed by atoms with Crippen LogP contribution in [0.1, 0.15) is 33.9 Å². The summed E-state index contributed by atoms with van der Waals surface area (Å²) < 4.78 is 11.2. The van der Waals surface area contributed by atoms with Crippen LogP contribution in [0, 0.1) is 5.92 Å². The highest BCUT2D eigenvalue weighted by Gasteiger charge is 2.23. The normalized spacial score (nSPS) is 17.5. The van der Waals surface area contributed by atoms with Crippen molar-refractivity contribution in [1.82, 2.24) is 4.90 Å². The van der Waals surface area contributed by atoms with Crippen LogP contribution >= 0.6 is 11.3 Å². The van der Waals surface area contributed by atoms with Crippen LogP contribution in [0.2, 0.25) is 0 Å². The molecule has 0 aliphatic carbocycles. The third-order valence-electron chi connectivity index (χ3n) is 4.39. The fraction of sp³-hybridized carbons (Fsp3) is 0.429. The zero-order valence-electron chi connectivity index (χ0n) is 16.2. The first-order valence-corrected chi connectivity index (χ1v) is 10.4. The maximum atomic E-state index is 12.6. The number of amides is 1. The van der Waals surface area contributed by atoms with E-state index in [-0.39, 0.29) is 18.6 Å². The summed E-state index contributed by atoms with van der Waals surface area (Å²) in [7, 11) is 0. The molecule has 0 bridgehead atoms. The van der Waals surface area contributed by atoms with E-state index in [1.807, 2.05) is 11.4 Å². The lowest BCUT2D eigenvalue weighted by Gasteiger charge is -2.33. The molecule has 3 rings (SSSR count). The number of nitrogens with one attached hydrogen (secondary N) is 1. The highest BCUT2D eigenvalue weighted by atomic mass is 32.1. The zero-order chi connectivity index (χ0) is 19.9. The number of thiophene rings is 1. The predicted octanol–water partition coefficient (Wildman–Crippen LogP) is 3.51. The van der Waals surface area contributed by atoms with E-state index in [1.165, 1.54) is 11.3 Å². The second-order valence-corrected chi connectivity index (χ2v) is 8.17. The Bertz CT molecular complexity index is 791. The Kier molecular flexibility index (Phi) is 7.19. The van der Waals surface area contributed by atoms with Crippen LogP contribution in [0.4, 0.5) is 5.69 Å². The van der Waals surface area contributed by atoms with E-state index in [2.05, 4.69) is 24.1 Å². The average molecular weight is 403 g/mol. The maximum absolute atomic E-state index is 12.6. The van der Waals surface area contributed by atoms with Gasteiger partial charge in [-0.05, 0) is 29.5 Å². The predicted molar refractivity (Wildman–Crippen MR) is 110 cm³/mol. The summed E-state index contributed by atoms with van der Waals surface area (Å²) in [6.07, 6.45) is -0.135. The molecule has 1 saturated heterocycles. The summed E-state index contributed by atoms with van der Waals surface area (Å²) in [5.74, 6) is -0.123. The molecule has 1 fully saturated rings. The molecule has 6 nitrogen and oxygen atoms in total. The summed E-state index contributed by atoms with van der Waals surface area (Å²) in [4.78, 5) is 27.8. The van der Waals surface area contributed by atoms with Gasteiger partial charge >= 0.3 is 5.97 Å². The molecule has 7 heteroatoms. The fourth-order valence-electron chi connectivity index (χ4n) is 3.17. The number of benzene rings is 1. The molecule has 1 atom stereocenters. The molecule has 1 N–H and O–H groups in total. The first kappa shape index (κ1) is 20.5. The number of morpholine rings is 1. The van der Waals surface area contributed by atoms with Gasteiger partial charge in [-0.15, -0.1) is 11.3 Å². The summed E-state index contributed by atoms with van der Waals surface area (Å²) in [5, 5.41) is 4.63. The van der Waals surface area contributed by atoms with Crippen molar-refractivity contribution in [2.45, 2.75) is 20.0 Å². The highest BCUT2D eigenvalue weighted by molar-refractivity contribution is 7.12. The van der Waals surface area contributed by atoms with Gasteiger partial charge in [0.1, 0.15) is 12.7 Å². The number of esters is 1. The van der Waals surface area contributed by atoms with Crippen molar-refractivity contribution in [3.8, 4) is 0 Å². The smallest absolute Gasteiger partial charge is 0.340 e. The van der Waals surface area contributed by atoms with Crippen LogP contribution in [0.5, 0.6) is 0 Å². The quantitative estimate of drug-likeness (QED) is 0.718. The fourth-order valence-corrected chi connectivity index (χ4v) is 3.79. The summed E-state index contributed by atoms with van der Waals surface area (Å²) in [6.45, 7) is 7.87. The van der Waals surface area contributed by atoms with Crippen LogP contribution in [0.3, 0.4) is 0 Å². The number of rotatable bonds is 7. The second kappa shape index (κ2) is 9.82. The van der Waals surface area contributed by atoms with E-state index in [9.17, 15) is 9.59 Å². The minimum absolute atomic E-state index is 0.135. The van der Waals surface area contributed by atoms with E-state index in [0.29, 0.717) is 28.7 Å². The van der Waals surface area contributed by atoms with E-state index >= 15 is 0 Å². The summed E-state index contributed by atoms with van der Waals surface area (Å²) >= 11 is 1.35. The molecule has 2 aromatic rings. The van der Waals surface area contributed by atoms with Gasteiger partial charge in [-0.3, -0.25) is 9.69 Å². The SMILES string of the molecule is CC(C)CN1CCOC(COC(=O)c2ccccc2NC(=O)c2cccs2)C1. The lowest BCUT2D eigenvalue weighted by atomic mass is 10.1. The molecule has 1 aromatic heterocycles. The Morgan fingerprint density at radius 3 is 2.86 bits per heavy atom. The molecule has 0 saturated carbocycles. The molecular weight excluding hydrogens is 376 g/mol. The third kappa shape index (κ3) is 5.64. The number of hydrogen-bond acceptors (Lipinski definition) is 6. The number of carbonyl (C=O) groups is 2. The Morgan fingerprint density at radius 2 is 2.11 bits per heavy atom. The number of anilines is 1. The molecule has 1 aliphatic heterocycles. The molecule has 28 heavy (non-hydrogen) atoms. The number of nitrogens with zero attached hydrogens (tertiary/aromatic N) is 1. The largest absolute Gasteiger partial charge is 0.459 e. The second-order valence-electron chi connectivity index (χ2n) is 7.22. The van der Waals surface area contributed by atoms with Crippen molar-refractivity contribution in [3.63, 3.8) is 0 Å². The maximum Gasteiger partial charge on any atom is 0.340 e. The molecule has 2 heterocycles. The van der Waals surface area contributed by atoms with Crippen molar-refractivity contribution in [1.29, 1.82) is 0 Å². The Labute approximate surface area is 169 Å². The van der Waals surface area contributed by atoms with Gasteiger partial charge < -0.3 is 14.8 Å². The molecule has 0 radical (unpaired) electrons. The van der Waals surface area contributed by atoms with E-state index in [1.54, 1.807) is 30.3 Å². The van der Waals surface area contributed by atoms with Crippen molar-refractivity contribution in [2.75, 3.05) is 38.2 Å². The Morgan fingerprint density at radius 1 is 1.29 bits per heavy atom. The molecular formula is C21H26N2O4S. The first-order valence-electron chi connectivity index (χ1n) is 9.48. The standard InChI is InChI=1S/C21H26N2O4S/c1-15(2)12-23-9-10-26-16(13-23)14-27-21(25)17-6-3-4-7-18(17)22-20(24)19-8-5-11-28-19/h3-8,11,15-16H,9-10,12-14H2,1-2H3,(H,22,24). The lowest BCUT2D eigenvalue weighted by Crippen LogP contribution is -2.45. The zero-order valence-corrected chi connectivity index (χ0v) is 17.0. The van der Waals surface area contributed by atoms with Crippen molar-refractivity contribution < 1.29 is 19.1 Å². The number of ether oxygens (including phenoxy) is 2. The van der Waals surface area contributed by atoms with E-state index in [0.717, 1.165) is 19.6 Å². The van der Waals surface area contributed by atoms with Crippen LogP contribution in [0.15, 0.2) is 41.8 Å².